The fourth-order valence-electron chi connectivity index (χ4n) is 3.74. The Bertz CT molecular complexity index is 1120. The number of nitrogens with one attached hydrogen (secondary N) is 1. The number of rotatable bonds is 6. The van der Waals surface area contributed by atoms with Gasteiger partial charge in [0.1, 0.15) is 17.9 Å². The maximum Gasteiger partial charge on any atom is 0.241 e. The van der Waals surface area contributed by atoms with Crippen LogP contribution in [0.3, 0.4) is 0 Å². The molecule has 1 aliphatic rings. The van der Waals surface area contributed by atoms with Crippen LogP contribution >= 0.6 is 0 Å². The van der Waals surface area contributed by atoms with Crippen LogP contribution in [0.4, 0.5) is 5.69 Å². The standard InChI is InChI=1S/C23H28N2O5S/c1-15-9-10-19-20(13-23(3,4)30-21(19)11-15)24-22(27)14-25(31(5,28)29)18-8-6-7-17(12-18)16(2)26/h6-12,20H,13-14H2,1-5H3,(H,24,27). The topological polar surface area (TPSA) is 92.8 Å². The number of fused-ring (bicyclic) bond motifs is 1. The zero-order chi connectivity index (χ0) is 23.0. The second-order valence-corrected chi connectivity index (χ2v) is 10.5. The molecule has 1 N–H and O–H groups in total. The third kappa shape index (κ3) is 5.44. The van der Waals surface area contributed by atoms with Crippen molar-refractivity contribution < 1.29 is 22.7 Å². The Morgan fingerprint density at radius 1 is 1.19 bits per heavy atom. The van der Waals surface area contributed by atoms with E-state index in [0.29, 0.717) is 12.0 Å². The predicted molar refractivity (Wildman–Crippen MR) is 120 cm³/mol. The first-order chi connectivity index (χ1) is 14.4. The molecule has 2 aromatic rings. The van der Waals surface area contributed by atoms with Crippen LogP contribution in [0.2, 0.25) is 0 Å². The smallest absolute Gasteiger partial charge is 0.241 e. The second kappa shape index (κ2) is 8.34. The largest absolute Gasteiger partial charge is 0.487 e. The number of anilines is 1. The monoisotopic (exact) mass is 444 g/mol. The Morgan fingerprint density at radius 2 is 1.90 bits per heavy atom. The molecule has 3 rings (SSSR count). The number of hydrogen-bond donors (Lipinski definition) is 1. The second-order valence-electron chi connectivity index (χ2n) is 8.60. The fraction of sp³-hybridized carbons (Fsp3) is 0.391. The highest BCUT2D eigenvalue weighted by Crippen LogP contribution is 2.39. The lowest BCUT2D eigenvalue weighted by Crippen LogP contribution is -2.45. The predicted octanol–water partition coefficient (Wildman–Crippen LogP) is 3.38. The molecule has 1 heterocycles. The van der Waals surface area contributed by atoms with Crippen molar-refractivity contribution in [1.82, 2.24) is 5.32 Å². The summed E-state index contributed by atoms with van der Waals surface area (Å²) in [6.45, 7) is 6.89. The van der Waals surface area contributed by atoms with E-state index in [9.17, 15) is 18.0 Å². The highest BCUT2D eigenvalue weighted by Gasteiger charge is 2.35. The molecule has 0 saturated carbocycles. The van der Waals surface area contributed by atoms with Crippen molar-refractivity contribution in [2.24, 2.45) is 0 Å². The molecule has 0 aliphatic carbocycles. The number of Topliss-reactive ketones (excluding diaryl/α,β-unsaturated/α-hetero) is 1. The number of nitrogens with zero attached hydrogens (tertiary/aromatic N) is 1. The summed E-state index contributed by atoms with van der Waals surface area (Å²) in [6, 6.07) is 11.8. The van der Waals surface area contributed by atoms with E-state index >= 15 is 0 Å². The maximum atomic E-state index is 12.9. The molecular weight excluding hydrogens is 416 g/mol. The van der Waals surface area contributed by atoms with E-state index in [1.54, 1.807) is 18.2 Å². The minimum absolute atomic E-state index is 0.184. The van der Waals surface area contributed by atoms with Gasteiger partial charge in [0.15, 0.2) is 5.78 Å². The molecule has 7 nitrogen and oxygen atoms in total. The van der Waals surface area contributed by atoms with E-state index in [0.717, 1.165) is 27.4 Å². The summed E-state index contributed by atoms with van der Waals surface area (Å²) in [5, 5.41) is 2.97. The molecule has 31 heavy (non-hydrogen) atoms. The van der Waals surface area contributed by atoms with Crippen LogP contribution in [0.1, 0.15) is 54.7 Å². The Labute approximate surface area is 183 Å². The molecule has 1 aliphatic heterocycles. The molecule has 0 bridgehead atoms. The Morgan fingerprint density at radius 3 is 2.55 bits per heavy atom. The number of sulfonamides is 1. The average molecular weight is 445 g/mol. The van der Waals surface area contributed by atoms with E-state index < -0.39 is 21.5 Å². The van der Waals surface area contributed by atoms with Crippen LogP contribution in [-0.2, 0) is 14.8 Å². The molecule has 0 fully saturated rings. The van der Waals surface area contributed by atoms with Gasteiger partial charge in [-0.25, -0.2) is 8.42 Å². The molecule has 1 atom stereocenters. The number of carbonyl (C=O) groups excluding carboxylic acids is 2. The van der Waals surface area contributed by atoms with Crippen molar-refractivity contribution >= 4 is 27.4 Å². The molecule has 1 amide bonds. The first-order valence-corrected chi connectivity index (χ1v) is 11.9. The average Bonchev–Trinajstić information content (AvgIpc) is 2.64. The highest BCUT2D eigenvalue weighted by atomic mass is 32.2. The lowest BCUT2D eigenvalue weighted by Gasteiger charge is -2.38. The highest BCUT2D eigenvalue weighted by molar-refractivity contribution is 7.92. The number of ketones is 1. The summed E-state index contributed by atoms with van der Waals surface area (Å²) in [6.07, 6.45) is 1.59. The molecule has 0 radical (unpaired) electrons. The fourth-order valence-corrected chi connectivity index (χ4v) is 4.59. The van der Waals surface area contributed by atoms with Crippen LogP contribution in [-0.4, -0.2) is 38.5 Å². The molecule has 0 aromatic heterocycles. The van der Waals surface area contributed by atoms with E-state index in [-0.39, 0.29) is 24.1 Å². The number of amides is 1. The zero-order valence-electron chi connectivity index (χ0n) is 18.4. The summed E-state index contributed by atoms with van der Waals surface area (Å²) in [7, 11) is -3.75. The molecule has 2 aromatic carbocycles. The van der Waals surface area contributed by atoms with Crippen molar-refractivity contribution in [1.29, 1.82) is 0 Å². The van der Waals surface area contributed by atoms with Gasteiger partial charge in [0.25, 0.3) is 0 Å². The van der Waals surface area contributed by atoms with E-state index in [2.05, 4.69) is 5.32 Å². The van der Waals surface area contributed by atoms with Crippen LogP contribution in [0.15, 0.2) is 42.5 Å². The van der Waals surface area contributed by atoms with Crippen LogP contribution in [0.25, 0.3) is 0 Å². The van der Waals surface area contributed by atoms with Crippen LogP contribution in [0.5, 0.6) is 5.75 Å². The molecule has 0 spiro atoms. The quantitative estimate of drug-likeness (QED) is 0.690. The van der Waals surface area contributed by atoms with Gasteiger partial charge >= 0.3 is 0 Å². The van der Waals surface area contributed by atoms with E-state index in [1.807, 2.05) is 39.0 Å². The minimum atomic E-state index is -3.75. The van der Waals surface area contributed by atoms with Gasteiger partial charge in [0.2, 0.25) is 15.9 Å². The summed E-state index contributed by atoms with van der Waals surface area (Å²) in [5.74, 6) is 0.0969. The molecule has 166 valence electrons. The Kier molecular flexibility index (Phi) is 6.14. The van der Waals surface area contributed by atoms with Gasteiger partial charge in [-0.2, -0.15) is 0 Å². The first kappa shape index (κ1) is 22.8. The first-order valence-electron chi connectivity index (χ1n) is 10.0. The third-order valence-electron chi connectivity index (χ3n) is 5.19. The van der Waals surface area contributed by atoms with Crippen molar-refractivity contribution in [3.8, 4) is 5.75 Å². The summed E-state index contributed by atoms with van der Waals surface area (Å²) in [4.78, 5) is 24.6. The van der Waals surface area contributed by atoms with Crippen molar-refractivity contribution in [3.63, 3.8) is 0 Å². The van der Waals surface area contributed by atoms with E-state index in [1.165, 1.54) is 13.0 Å². The molecule has 8 heteroatoms. The van der Waals surface area contributed by atoms with Gasteiger partial charge in [0, 0.05) is 17.5 Å². The summed E-state index contributed by atoms with van der Waals surface area (Å²) < 4.78 is 31.9. The van der Waals surface area contributed by atoms with E-state index in [4.69, 9.17) is 4.74 Å². The number of carbonyl (C=O) groups is 2. The number of benzene rings is 2. The number of aryl methyl sites for hydroxylation is 1. The molecule has 1 unspecified atom stereocenters. The third-order valence-corrected chi connectivity index (χ3v) is 6.33. The lowest BCUT2D eigenvalue weighted by molar-refractivity contribution is -0.120. The Balaban J connectivity index is 1.86. The molecular formula is C23H28N2O5S. The van der Waals surface area contributed by atoms with Gasteiger partial charge in [-0.1, -0.05) is 24.3 Å². The van der Waals surface area contributed by atoms with Crippen molar-refractivity contribution in [2.45, 2.75) is 45.8 Å². The van der Waals surface area contributed by atoms with Gasteiger partial charge in [-0.05, 0) is 51.5 Å². The van der Waals surface area contributed by atoms with Gasteiger partial charge in [-0.3, -0.25) is 13.9 Å². The van der Waals surface area contributed by atoms with Crippen molar-refractivity contribution in [2.75, 3.05) is 17.1 Å². The van der Waals surface area contributed by atoms with Gasteiger partial charge in [0.05, 0.1) is 18.0 Å². The normalized spacial score (nSPS) is 17.3. The van der Waals surface area contributed by atoms with Crippen molar-refractivity contribution in [3.05, 3.63) is 59.2 Å². The van der Waals surface area contributed by atoms with Crippen LogP contribution < -0.4 is 14.4 Å². The minimum Gasteiger partial charge on any atom is -0.487 e. The zero-order valence-corrected chi connectivity index (χ0v) is 19.2. The van der Waals surface area contributed by atoms with Gasteiger partial charge < -0.3 is 10.1 Å². The maximum absolute atomic E-state index is 12.9. The summed E-state index contributed by atoms with van der Waals surface area (Å²) >= 11 is 0. The summed E-state index contributed by atoms with van der Waals surface area (Å²) in [5.41, 5.74) is 2.08. The van der Waals surface area contributed by atoms with Crippen LogP contribution in [0, 0.1) is 6.92 Å². The molecule has 0 saturated heterocycles. The number of hydrogen-bond acceptors (Lipinski definition) is 5. The number of ether oxygens (including phenoxy) is 1. The lowest BCUT2D eigenvalue weighted by atomic mass is 9.89. The Hall–Kier alpha value is -2.87. The van der Waals surface area contributed by atoms with Gasteiger partial charge in [-0.15, -0.1) is 0 Å². The SMILES string of the molecule is CC(=O)c1cccc(N(CC(=O)NC2CC(C)(C)Oc3cc(C)ccc32)S(C)(=O)=O)c1.